The van der Waals surface area contributed by atoms with Crippen LogP contribution in [0.2, 0.25) is 0 Å². The van der Waals surface area contributed by atoms with E-state index in [-0.39, 0.29) is 24.1 Å². The molecule has 0 radical (unpaired) electrons. The lowest BCUT2D eigenvalue weighted by Crippen LogP contribution is -2.55. The van der Waals surface area contributed by atoms with Crippen LogP contribution >= 0.6 is 12.4 Å². The lowest BCUT2D eigenvalue weighted by atomic mass is 10.0. The zero-order chi connectivity index (χ0) is 18.4. The van der Waals surface area contributed by atoms with Gasteiger partial charge < -0.3 is 14.7 Å². The minimum absolute atomic E-state index is 0. The third kappa shape index (κ3) is 5.81. The second-order valence-corrected chi connectivity index (χ2v) is 5.90. The molecule has 1 fully saturated rings. The third-order valence-corrected chi connectivity index (χ3v) is 4.09. The number of aliphatic carboxylic acids is 1. The molecule has 2 atom stereocenters. The van der Waals surface area contributed by atoms with E-state index >= 15 is 0 Å². The van der Waals surface area contributed by atoms with Crippen molar-refractivity contribution in [2.75, 3.05) is 11.4 Å². The zero-order valence-electron chi connectivity index (χ0n) is 14.4. The largest absolute Gasteiger partial charge is 0.480 e. The van der Waals surface area contributed by atoms with Gasteiger partial charge in [-0.15, -0.1) is 12.4 Å². The number of alkyl halides is 2. The first-order chi connectivity index (χ1) is 11.9. The SMILES string of the molecule is CCCC(NC1CCCN(c2ccc(OC(F)F)cc2)C1=O)C(=O)O.Cl. The van der Waals surface area contributed by atoms with Gasteiger partial charge in [0.2, 0.25) is 5.91 Å². The highest BCUT2D eigenvalue weighted by Gasteiger charge is 2.32. The van der Waals surface area contributed by atoms with Gasteiger partial charge in [-0.1, -0.05) is 13.3 Å². The minimum atomic E-state index is -2.90. The number of nitrogens with one attached hydrogen (secondary N) is 1. The van der Waals surface area contributed by atoms with Gasteiger partial charge in [0, 0.05) is 12.2 Å². The smallest absolute Gasteiger partial charge is 0.387 e. The molecule has 1 amide bonds. The molecule has 1 aliphatic heterocycles. The molecule has 2 N–H and O–H groups in total. The van der Waals surface area contributed by atoms with Crippen LogP contribution in [-0.2, 0) is 9.59 Å². The number of carbonyl (C=O) groups is 2. The van der Waals surface area contributed by atoms with Crippen LogP contribution < -0.4 is 15.0 Å². The number of ether oxygens (including phenoxy) is 1. The van der Waals surface area contributed by atoms with Gasteiger partial charge in [0.15, 0.2) is 0 Å². The molecule has 1 heterocycles. The quantitative estimate of drug-likeness (QED) is 0.711. The Kier molecular flexibility index (Phi) is 8.74. The van der Waals surface area contributed by atoms with Crippen LogP contribution in [0.15, 0.2) is 24.3 Å². The number of benzene rings is 1. The summed E-state index contributed by atoms with van der Waals surface area (Å²) in [5, 5.41) is 12.2. The Labute approximate surface area is 156 Å². The molecule has 0 saturated carbocycles. The Balaban J connectivity index is 0.00000338. The number of anilines is 1. The molecular formula is C17H23ClF2N2O4. The fraction of sp³-hybridized carbons (Fsp3) is 0.529. The van der Waals surface area contributed by atoms with Gasteiger partial charge in [0.05, 0.1) is 6.04 Å². The van der Waals surface area contributed by atoms with Crippen LogP contribution in [-0.4, -0.2) is 42.2 Å². The number of nitrogens with zero attached hydrogens (tertiary/aromatic N) is 1. The number of rotatable bonds is 8. The predicted octanol–water partition coefficient (Wildman–Crippen LogP) is 3.05. The van der Waals surface area contributed by atoms with Crippen molar-refractivity contribution in [1.82, 2.24) is 5.32 Å². The summed E-state index contributed by atoms with van der Waals surface area (Å²) in [4.78, 5) is 25.5. The van der Waals surface area contributed by atoms with Crippen molar-refractivity contribution in [1.29, 1.82) is 0 Å². The van der Waals surface area contributed by atoms with Crippen LogP contribution in [0, 0.1) is 0 Å². The van der Waals surface area contributed by atoms with Crippen molar-refractivity contribution < 1.29 is 28.2 Å². The second kappa shape index (κ2) is 10.3. The highest BCUT2D eigenvalue weighted by Crippen LogP contribution is 2.25. The average molecular weight is 393 g/mol. The molecule has 1 saturated heterocycles. The normalized spacial score (nSPS) is 18.4. The molecule has 9 heteroatoms. The third-order valence-electron chi connectivity index (χ3n) is 4.09. The van der Waals surface area contributed by atoms with E-state index in [1.54, 1.807) is 12.1 Å². The summed E-state index contributed by atoms with van der Waals surface area (Å²) >= 11 is 0. The van der Waals surface area contributed by atoms with Gasteiger partial charge in [-0.3, -0.25) is 14.9 Å². The second-order valence-electron chi connectivity index (χ2n) is 5.90. The van der Waals surface area contributed by atoms with Crippen LogP contribution in [0.4, 0.5) is 14.5 Å². The molecule has 1 aromatic carbocycles. The lowest BCUT2D eigenvalue weighted by Gasteiger charge is -2.34. The van der Waals surface area contributed by atoms with Crippen molar-refractivity contribution in [3.8, 4) is 5.75 Å². The van der Waals surface area contributed by atoms with Crippen molar-refractivity contribution >= 4 is 30.0 Å². The van der Waals surface area contributed by atoms with Gasteiger partial charge in [0.1, 0.15) is 11.8 Å². The summed E-state index contributed by atoms with van der Waals surface area (Å²) in [6.07, 6.45) is 2.42. The maximum absolute atomic E-state index is 12.7. The van der Waals surface area contributed by atoms with Crippen LogP contribution in [0.25, 0.3) is 0 Å². The van der Waals surface area contributed by atoms with E-state index in [0.29, 0.717) is 31.5 Å². The monoisotopic (exact) mass is 392 g/mol. The van der Waals surface area contributed by atoms with Gasteiger partial charge in [-0.25, -0.2) is 0 Å². The van der Waals surface area contributed by atoms with Gasteiger partial charge in [0.25, 0.3) is 0 Å². The van der Waals surface area contributed by atoms with E-state index < -0.39 is 24.7 Å². The van der Waals surface area contributed by atoms with E-state index in [1.165, 1.54) is 17.0 Å². The number of amides is 1. The Morgan fingerprint density at radius 1 is 1.38 bits per heavy atom. The fourth-order valence-corrected chi connectivity index (χ4v) is 2.90. The first-order valence-corrected chi connectivity index (χ1v) is 8.27. The summed E-state index contributed by atoms with van der Waals surface area (Å²) < 4.78 is 28.7. The van der Waals surface area contributed by atoms with Gasteiger partial charge in [-0.05, 0) is 43.5 Å². The summed E-state index contributed by atoms with van der Waals surface area (Å²) in [5.41, 5.74) is 0.570. The minimum Gasteiger partial charge on any atom is -0.480 e. The first-order valence-electron chi connectivity index (χ1n) is 8.27. The number of hydrogen-bond acceptors (Lipinski definition) is 4. The number of carboxylic acid groups (broad SMARTS) is 1. The molecule has 0 aromatic heterocycles. The molecule has 1 aliphatic rings. The summed E-state index contributed by atoms with van der Waals surface area (Å²) in [6, 6.07) is 4.50. The summed E-state index contributed by atoms with van der Waals surface area (Å²) in [5.74, 6) is -1.16. The van der Waals surface area contributed by atoms with Crippen molar-refractivity contribution in [2.45, 2.75) is 51.3 Å². The standard InChI is InChI=1S/C17H22F2N2O4.ClH/c1-2-4-14(16(23)24)20-13-5-3-10-21(15(13)22)11-6-8-12(9-7-11)25-17(18)19;/h6-9,13-14,17,20H,2-5,10H2,1H3,(H,23,24);1H. The van der Waals surface area contributed by atoms with Gasteiger partial charge in [-0.2, -0.15) is 8.78 Å². The molecule has 26 heavy (non-hydrogen) atoms. The van der Waals surface area contributed by atoms with E-state index in [2.05, 4.69) is 10.1 Å². The number of hydrogen-bond donors (Lipinski definition) is 2. The Morgan fingerprint density at radius 2 is 2.04 bits per heavy atom. The molecule has 0 spiro atoms. The van der Waals surface area contributed by atoms with E-state index in [9.17, 15) is 23.5 Å². The number of carboxylic acids is 1. The molecule has 6 nitrogen and oxygen atoms in total. The Morgan fingerprint density at radius 3 is 2.58 bits per heavy atom. The van der Waals surface area contributed by atoms with E-state index in [1.807, 2.05) is 6.92 Å². The van der Waals surface area contributed by atoms with E-state index in [0.717, 1.165) is 6.42 Å². The molecule has 2 unspecified atom stereocenters. The maximum Gasteiger partial charge on any atom is 0.387 e. The highest BCUT2D eigenvalue weighted by molar-refractivity contribution is 5.98. The number of piperidine rings is 1. The average Bonchev–Trinajstić information content (AvgIpc) is 2.56. The molecule has 2 rings (SSSR count). The Hall–Kier alpha value is -1.93. The topological polar surface area (TPSA) is 78.9 Å². The van der Waals surface area contributed by atoms with Crippen molar-refractivity contribution in [3.63, 3.8) is 0 Å². The number of halogens is 3. The molecular weight excluding hydrogens is 370 g/mol. The Bertz CT molecular complexity index is 601. The summed E-state index contributed by atoms with van der Waals surface area (Å²) in [6.45, 7) is -0.518. The predicted molar refractivity (Wildman–Crippen MR) is 95.2 cm³/mol. The zero-order valence-corrected chi connectivity index (χ0v) is 15.2. The van der Waals surface area contributed by atoms with E-state index in [4.69, 9.17) is 0 Å². The van der Waals surface area contributed by atoms with Crippen molar-refractivity contribution in [2.24, 2.45) is 0 Å². The lowest BCUT2D eigenvalue weighted by molar-refractivity contribution is -0.140. The molecule has 0 aliphatic carbocycles. The molecule has 1 aromatic rings. The van der Waals surface area contributed by atoms with Gasteiger partial charge >= 0.3 is 12.6 Å². The maximum atomic E-state index is 12.7. The fourth-order valence-electron chi connectivity index (χ4n) is 2.90. The first kappa shape index (κ1) is 22.1. The number of carbonyl (C=O) groups excluding carboxylic acids is 1. The highest BCUT2D eigenvalue weighted by atomic mass is 35.5. The van der Waals surface area contributed by atoms with Crippen LogP contribution in [0.1, 0.15) is 32.6 Å². The summed E-state index contributed by atoms with van der Waals surface area (Å²) in [7, 11) is 0. The molecule has 0 bridgehead atoms. The van der Waals surface area contributed by atoms with Crippen LogP contribution in [0.3, 0.4) is 0 Å². The molecule has 146 valence electrons. The van der Waals surface area contributed by atoms with Crippen molar-refractivity contribution in [3.05, 3.63) is 24.3 Å². The van der Waals surface area contributed by atoms with Crippen LogP contribution in [0.5, 0.6) is 5.75 Å².